The van der Waals surface area contributed by atoms with Gasteiger partial charge in [0.2, 0.25) is 0 Å². The van der Waals surface area contributed by atoms with Crippen LogP contribution in [-0.4, -0.2) is 7.11 Å². The molecule has 0 bridgehead atoms. The second-order valence-electron chi connectivity index (χ2n) is 3.51. The zero-order valence-electron chi connectivity index (χ0n) is 9.88. The zero-order chi connectivity index (χ0) is 12.8. The minimum atomic E-state index is 0.820. The van der Waals surface area contributed by atoms with Gasteiger partial charge in [-0.2, -0.15) is 5.26 Å². The van der Waals surface area contributed by atoms with E-state index in [9.17, 15) is 0 Å². The maximum atomic E-state index is 8.69. The molecule has 0 aliphatic carbocycles. The third kappa shape index (κ3) is 2.96. The van der Waals surface area contributed by atoms with Crippen molar-refractivity contribution in [3.63, 3.8) is 0 Å². The number of methoxy groups -OCH3 is 1. The van der Waals surface area contributed by atoms with Crippen LogP contribution in [0.3, 0.4) is 0 Å². The number of hydrogen-bond acceptors (Lipinski definition) is 4. The number of hydrogen-bond donors (Lipinski definition) is 1. The Balaban J connectivity index is 2.20. The third-order valence-corrected chi connectivity index (χ3v) is 3.45. The Kier molecular flexibility index (Phi) is 4.11. The Morgan fingerprint density at radius 2 is 1.83 bits per heavy atom. The van der Waals surface area contributed by atoms with Crippen LogP contribution in [0, 0.1) is 11.5 Å². The SMILES string of the molecule is COc1ccc(Sc2ccccc2NC#N)cc1. The van der Waals surface area contributed by atoms with Crippen molar-refractivity contribution < 1.29 is 4.74 Å². The van der Waals surface area contributed by atoms with Crippen molar-refractivity contribution in [3.8, 4) is 11.9 Å². The van der Waals surface area contributed by atoms with Crippen LogP contribution < -0.4 is 10.1 Å². The lowest BCUT2D eigenvalue weighted by molar-refractivity contribution is 0.414. The highest BCUT2D eigenvalue weighted by Crippen LogP contribution is 2.33. The number of benzene rings is 2. The van der Waals surface area contributed by atoms with Crippen LogP contribution in [-0.2, 0) is 0 Å². The Labute approximate surface area is 110 Å². The van der Waals surface area contributed by atoms with Crippen LogP contribution >= 0.6 is 11.8 Å². The van der Waals surface area contributed by atoms with Gasteiger partial charge < -0.3 is 4.74 Å². The molecule has 0 spiro atoms. The summed E-state index contributed by atoms with van der Waals surface area (Å²) in [7, 11) is 1.65. The molecule has 0 saturated carbocycles. The normalized spacial score (nSPS) is 9.56. The molecule has 0 unspecified atom stereocenters. The van der Waals surface area contributed by atoms with E-state index in [1.807, 2.05) is 54.7 Å². The lowest BCUT2D eigenvalue weighted by Crippen LogP contribution is -1.89. The van der Waals surface area contributed by atoms with Crippen LogP contribution in [0.25, 0.3) is 0 Å². The van der Waals surface area contributed by atoms with Gasteiger partial charge in [0.05, 0.1) is 12.8 Å². The molecule has 2 rings (SSSR count). The van der Waals surface area contributed by atoms with Crippen LogP contribution in [0.4, 0.5) is 5.69 Å². The molecule has 0 fully saturated rings. The van der Waals surface area contributed by atoms with Gasteiger partial charge in [0, 0.05) is 9.79 Å². The molecular weight excluding hydrogens is 244 g/mol. The van der Waals surface area contributed by atoms with E-state index in [1.165, 1.54) is 0 Å². The van der Waals surface area contributed by atoms with Crippen molar-refractivity contribution in [1.82, 2.24) is 0 Å². The second kappa shape index (κ2) is 5.99. The summed E-state index contributed by atoms with van der Waals surface area (Å²) in [4.78, 5) is 2.12. The predicted octanol–water partition coefficient (Wildman–Crippen LogP) is 3.74. The zero-order valence-corrected chi connectivity index (χ0v) is 10.7. The number of nitrogens with one attached hydrogen (secondary N) is 1. The fourth-order valence-corrected chi connectivity index (χ4v) is 2.39. The van der Waals surface area contributed by atoms with Crippen molar-refractivity contribution in [1.29, 1.82) is 5.26 Å². The van der Waals surface area contributed by atoms with E-state index >= 15 is 0 Å². The molecule has 0 aromatic heterocycles. The molecule has 0 radical (unpaired) electrons. The molecule has 3 nitrogen and oxygen atoms in total. The molecule has 0 atom stereocenters. The van der Waals surface area contributed by atoms with Crippen LogP contribution in [0.2, 0.25) is 0 Å². The summed E-state index contributed by atoms with van der Waals surface area (Å²) < 4.78 is 5.12. The lowest BCUT2D eigenvalue weighted by Gasteiger charge is -2.07. The molecule has 18 heavy (non-hydrogen) atoms. The first-order valence-electron chi connectivity index (χ1n) is 5.39. The van der Waals surface area contributed by atoms with E-state index in [1.54, 1.807) is 18.9 Å². The van der Waals surface area contributed by atoms with Gasteiger partial charge in [-0.05, 0) is 36.4 Å². The summed E-state index contributed by atoms with van der Waals surface area (Å²) >= 11 is 1.60. The highest BCUT2D eigenvalue weighted by molar-refractivity contribution is 7.99. The molecular formula is C14H12N2OS. The van der Waals surface area contributed by atoms with Gasteiger partial charge in [0.15, 0.2) is 6.19 Å². The smallest absolute Gasteiger partial charge is 0.181 e. The molecule has 2 aromatic rings. The van der Waals surface area contributed by atoms with E-state index in [2.05, 4.69) is 5.32 Å². The van der Waals surface area contributed by atoms with Gasteiger partial charge in [-0.15, -0.1) is 0 Å². The lowest BCUT2D eigenvalue weighted by atomic mass is 10.3. The summed E-state index contributed by atoms with van der Waals surface area (Å²) in [5.74, 6) is 0.836. The van der Waals surface area contributed by atoms with Crippen molar-refractivity contribution in [2.75, 3.05) is 12.4 Å². The summed E-state index contributed by atoms with van der Waals surface area (Å²) in [6, 6.07) is 15.5. The first-order valence-corrected chi connectivity index (χ1v) is 6.21. The predicted molar refractivity (Wildman–Crippen MR) is 72.8 cm³/mol. The highest BCUT2D eigenvalue weighted by atomic mass is 32.2. The number of nitrogens with zero attached hydrogens (tertiary/aromatic N) is 1. The number of rotatable bonds is 4. The van der Waals surface area contributed by atoms with Gasteiger partial charge in [-0.3, -0.25) is 5.32 Å². The maximum Gasteiger partial charge on any atom is 0.181 e. The van der Waals surface area contributed by atoms with Crippen molar-refractivity contribution in [2.24, 2.45) is 0 Å². The first-order chi connectivity index (χ1) is 8.83. The summed E-state index contributed by atoms with van der Waals surface area (Å²) in [6.45, 7) is 0. The Hall–Kier alpha value is -2.12. The van der Waals surface area contributed by atoms with Gasteiger partial charge in [0.25, 0.3) is 0 Å². The van der Waals surface area contributed by atoms with E-state index in [0.717, 1.165) is 21.2 Å². The Morgan fingerprint density at radius 1 is 1.11 bits per heavy atom. The minimum absolute atomic E-state index is 0.820. The van der Waals surface area contributed by atoms with Gasteiger partial charge in [-0.1, -0.05) is 23.9 Å². The molecule has 0 aliphatic heterocycles. The number of nitriles is 1. The largest absolute Gasteiger partial charge is 0.497 e. The molecule has 1 N–H and O–H groups in total. The van der Waals surface area contributed by atoms with E-state index in [4.69, 9.17) is 10.00 Å². The van der Waals surface area contributed by atoms with Crippen LogP contribution in [0.1, 0.15) is 0 Å². The molecule has 0 aliphatic rings. The van der Waals surface area contributed by atoms with E-state index < -0.39 is 0 Å². The molecule has 90 valence electrons. The molecule has 2 aromatic carbocycles. The first kappa shape index (κ1) is 12.3. The van der Waals surface area contributed by atoms with Crippen LogP contribution in [0.5, 0.6) is 5.75 Å². The maximum absolute atomic E-state index is 8.69. The summed E-state index contributed by atoms with van der Waals surface area (Å²) in [5.41, 5.74) is 0.820. The van der Waals surface area contributed by atoms with Gasteiger partial charge in [-0.25, -0.2) is 0 Å². The summed E-state index contributed by atoms with van der Waals surface area (Å²) in [6.07, 6.45) is 1.95. The van der Waals surface area contributed by atoms with Gasteiger partial charge >= 0.3 is 0 Å². The number of ether oxygens (including phenoxy) is 1. The number of anilines is 1. The third-order valence-electron chi connectivity index (χ3n) is 2.36. The molecule has 4 heteroatoms. The summed E-state index contributed by atoms with van der Waals surface area (Å²) in [5, 5.41) is 11.4. The van der Waals surface area contributed by atoms with E-state index in [-0.39, 0.29) is 0 Å². The minimum Gasteiger partial charge on any atom is -0.497 e. The Bertz CT molecular complexity index is 561. The fraction of sp³-hybridized carbons (Fsp3) is 0.0714. The molecule has 0 heterocycles. The highest BCUT2D eigenvalue weighted by Gasteiger charge is 2.03. The standard InChI is InChI=1S/C14H12N2OS/c1-17-11-6-8-12(9-7-11)18-14-5-3-2-4-13(14)16-10-15/h2-9,16H,1H3. The van der Waals surface area contributed by atoms with E-state index in [0.29, 0.717) is 0 Å². The second-order valence-corrected chi connectivity index (χ2v) is 4.63. The quantitative estimate of drug-likeness (QED) is 0.668. The fourth-order valence-electron chi connectivity index (χ4n) is 1.49. The topological polar surface area (TPSA) is 45.0 Å². The number of para-hydroxylation sites is 1. The van der Waals surface area contributed by atoms with Crippen molar-refractivity contribution in [2.45, 2.75) is 9.79 Å². The average molecular weight is 256 g/mol. The average Bonchev–Trinajstić information content (AvgIpc) is 2.42. The van der Waals surface area contributed by atoms with Gasteiger partial charge in [0.1, 0.15) is 5.75 Å². The van der Waals surface area contributed by atoms with Crippen molar-refractivity contribution >= 4 is 17.4 Å². The molecule has 0 saturated heterocycles. The monoisotopic (exact) mass is 256 g/mol. The van der Waals surface area contributed by atoms with Crippen LogP contribution in [0.15, 0.2) is 58.3 Å². The molecule has 0 amide bonds. The Morgan fingerprint density at radius 3 is 2.50 bits per heavy atom. The van der Waals surface area contributed by atoms with Crippen molar-refractivity contribution in [3.05, 3.63) is 48.5 Å².